The van der Waals surface area contributed by atoms with Gasteiger partial charge in [0.2, 0.25) is 10.0 Å². The summed E-state index contributed by atoms with van der Waals surface area (Å²) in [5, 5.41) is 2.93. The Morgan fingerprint density at radius 2 is 1.85 bits per heavy atom. The second kappa shape index (κ2) is 11.4. The summed E-state index contributed by atoms with van der Waals surface area (Å²) in [5.74, 6) is -0.291. The van der Waals surface area contributed by atoms with Crippen molar-refractivity contribution in [2.75, 3.05) is 33.3 Å². The highest BCUT2D eigenvalue weighted by Gasteiger charge is 2.29. The fourth-order valence-electron chi connectivity index (χ4n) is 4.80. The van der Waals surface area contributed by atoms with Gasteiger partial charge in [-0.05, 0) is 36.6 Å². The molecule has 184 valence electrons. The first-order chi connectivity index (χ1) is 16.4. The summed E-state index contributed by atoms with van der Waals surface area (Å²) >= 11 is 0. The maximum Gasteiger partial charge on any atom is 0.251 e. The monoisotopic (exact) mass is 485 g/mol. The predicted octanol–water partition coefficient (Wildman–Crippen LogP) is 3.27. The van der Waals surface area contributed by atoms with Crippen molar-refractivity contribution in [2.24, 2.45) is 0 Å². The molecule has 1 unspecified atom stereocenters. The fourth-order valence-corrected chi connectivity index (χ4v) is 6.26. The first kappa shape index (κ1) is 24.9. The highest BCUT2D eigenvalue weighted by molar-refractivity contribution is 7.89. The average molecular weight is 486 g/mol. The van der Waals surface area contributed by atoms with Crippen molar-refractivity contribution < 1.29 is 17.9 Å². The van der Waals surface area contributed by atoms with Gasteiger partial charge in [0, 0.05) is 44.8 Å². The molecule has 2 aliphatic rings. The Morgan fingerprint density at radius 3 is 2.62 bits per heavy atom. The van der Waals surface area contributed by atoms with Gasteiger partial charge in [0.05, 0.1) is 17.6 Å². The largest absolute Gasteiger partial charge is 0.374 e. The number of sulfonamides is 1. The van der Waals surface area contributed by atoms with E-state index in [0.29, 0.717) is 18.7 Å². The van der Waals surface area contributed by atoms with Gasteiger partial charge in [0.25, 0.3) is 5.91 Å². The van der Waals surface area contributed by atoms with Gasteiger partial charge in [0.15, 0.2) is 0 Å². The molecule has 4 rings (SSSR count). The van der Waals surface area contributed by atoms with Crippen molar-refractivity contribution in [3.05, 3.63) is 65.7 Å². The SMILES string of the molecule is CN(C1CCCCC1)S(=O)(=O)c1cccc(C(=O)NCC2CN(Cc3ccccc3)CCO2)c1. The first-order valence-corrected chi connectivity index (χ1v) is 13.6. The van der Waals surface area contributed by atoms with Gasteiger partial charge >= 0.3 is 0 Å². The van der Waals surface area contributed by atoms with Crippen LogP contribution in [0.3, 0.4) is 0 Å². The zero-order valence-electron chi connectivity index (χ0n) is 19.9. The van der Waals surface area contributed by atoms with Gasteiger partial charge in [-0.1, -0.05) is 55.7 Å². The van der Waals surface area contributed by atoms with Crippen LogP contribution < -0.4 is 5.32 Å². The number of carbonyl (C=O) groups is 1. The van der Waals surface area contributed by atoms with E-state index in [0.717, 1.165) is 51.7 Å². The van der Waals surface area contributed by atoms with Crippen molar-refractivity contribution in [1.29, 1.82) is 0 Å². The van der Waals surface area contributed by atoms with E-state index >= 15 is 0 Å². The normalized spacial score (nSPS) is 20.4. The van der Waals surface area contributed by atoms with Crippen molar-refractivity contribution in [2.45, 2.75) is 55.7 Å². The van der Waals surface area contributed by atoms with E-state index in [2.05, 4.69) is 22.3 Å². The quantitative estimate of drug-likeness (QED) is 0.621. The molecular formula is C26H35N3O4S. The molecule has 1 heterocycles. The lowest BCUT2D eigenvalue weighted by Crippen LogP contribution is -2.47. The molecule has 1 aliphatic carbocycles. The van der Waals surface area contributed by atoms with E-state index < -0.39 is 10.0 Å². The lowest BCUT2D eigenvalue weighted by Gasteiger charge is -2.33. The molecular weight excluding hydrogens is 450 g/mol. The van der Waals surface area contributed by atoms with Crippen molar-refractivity contribution >= 4 is 15.9 Å². The van der Waals surface area contributed by atoms with Crippen molar-refractivity contribution in [3.8, 4) is 0 Å². The topological polar surface area (TPSA) is 79.0 Å². The Balaban J connectivity index is 1.34. The molecule has 0 spiro atoms. The molecule has 0 radical (unpaired) electrons. The van der Waals surface area contributed by atoms with Crippen LogP contribution in [0.4, 0.5) is 0 Å². The number of nitrogens with one attached hydrogen (secondary N) is 1. The van der Waals surface area contributed by atoms with E-state index in [1.54, 1.807) is 25.2 Å². The second-order valence-corrected chi connectivity index (χ2v) is 11.3. The summed E-state index contributed by atoms with van der Waals surface area (Å²) in [7, 11) is -1.99. The Labute approximate surface area is 203 Å². The minimum absolute atomic E-state index is 0.0264. The number of morpholine rings is 1. The molecule has 2 aromatic carbocycles. The minimum Gasteiger partial charge on any atom is -0.374 e. The number of ether oxygens (including phenoxy) is 1. The third-order valence-corrected chi connectivity index (χ3v) is 8.73. The van der Waals surface area contributed by atoms with Crippen LogP contribution in [-0.4, -0.2) is 69.0 Å². The van der Waals surface area contributed by atoms with E-state index in [1.165, 1.54) is 15.9 Å². The molecule has 1 amide bonds. The highest BCUT2D eigenvalue weighted by atomic mass is 32.2. The van der Waals surface area contributed by atoms with Crippen LogP contribution in [0, 0.1) is 0 Å². The zero-order chi connectivity index (χ0) is 24.0. The standard InChI is InChI=1S/C26H35N3O4S/c1-28(23-12-6-3-7-13-23)34(31,32)25-14-8-11-22(17-25)26(30)27-18-24-20-29(15-16-33-24)19-21-9-4-2-5-10-21/h2,4-5,8-11,14,17,23-24H,3,6-7,12-13,15-16,18-20H2,1H3,(H,27,30). The number of carbonyl (C=O) groups excluding carboxylic acids is 1. The smallest absolute Gasteiger partial charge is 0.251 e. The molecule has 7 nitrogen and oxygen atoms in total. The number of nitrogens with zero attached hydrogens (tertiary/aromatic N) is 2. The molecule has 8 heteroatoms. The number of hydrogen-bond donors (Lipinski definition) is 1. The van der Waals surface area contributed by atoms with Gasteiger partial charge in [0.1, 0.15) is 0 Å². The summed E-state index contributed by atoms with van der Waals surface area (Å²) in [6.07, 6.45) is 4.94. The van der Waals surface area contributed by atoms with Crippen LogP contribution in [0.2, 0.25) is 0 Å². The average Bonchev–Trinajstić information content (AvgIpc) is 2.88. The lowest BCUT2D eigenvalue weighted by molar-refractivity contribution is -0.0292. The summed E-state index contributed by atoms with van der Waals surface area (Å²) in [6.45, 7) is 3.43. The maximum absolute atomic E-state index is 13.2. The van der Waals surface area contributed by atoms with Crippen LogP contribution >= 0.6 is 0 Å². The van der Waals surface area contributed by atoms with Crippen LogP contribution in [0.25, 0.3) is 0 Å². The Bertz CT molecular complexity index is 1050. The Hall–Kier alpha value is -2.26. The zero-order valence-corrected chi connectivity index (χ0v) is 20.7. The highest BCUT2D eigenvalue weighted by Crippen LogP contribution is 2.26. The predicted molar refractivity (Wildman–Crippen MR) is 132 cm³/mol. The van der Waals surface area contributed by atoms with Gasteiger partial charge in [-0.25, -0.2) is 8.42 Å². The second-order valence-electron chi connectivity index (χ2n) is 9.26. The Morgan fingerprint density at radius 1 is 1.09 bits per heavy atom. The minimum atomic E-state index is -3.65. The van der Waals surface area contributed by atoms with Crippen LogP contribution in [0.5, 0.6) is 0 Å². The van der Waals surface area contributed by atoms with Gasteiger partial charge in [-0.15, -0.1) is 0 Å². The number of hydrogen-bond acceptors (Lipinski definition) is 5. The molecule has 0 bridgehead atoms. The van der Waals surface area contributed by atoms with E-state index in [4.69, 9.17) is 4.74 Å². The third kappa shape index (κ3) is 6.24. The molecule has 2 fully saturated rings. The van der Waals surface area contributed by atoms with E-state index in [-0.39, 0.29) is 22.9 Å². The summed E-state index contributed by atoms with van der Waals surface area (Å²) in [4.78, 5) is 15.3. The molecule has 1 N–H and O–H groups in total. The third-order valence-electron chi connectivity index (χ3n) is 6.82. The maximum atomic E-state index is 13.2. The van der Waals surface area contributed by atoms with Gasteiger partial charge in [-0.3, -0.25) is 9.69 Å². The number of benzene rings is 2. The summed E-state index contributed by atoms with van der Waals surface area (Å²) in [6, 6.07) is 16.7. The molecule has 34 heavy (non-hydrogen) atoms. The van der Waals surface area contributed by atoms with E-state index in [9.17, 15) is 13.2 Å². The van der Waals surface area contributed by atoms with Crippen LogP contribution in [0.15, 0.2) is 59.5 Å². The number of amides is 1. The molecule has 1 atom stereocenters. The fraction of sp³-hybridized carbons (Fsp3) is 0.500. The molecule has 1 aliphatic heterocycles. The van der Waals surface area contributed by atoms with Gasteiger partial charge in [-0.2, -0.15) is 4.31 Å². The number of rotatable bonds is 8. The molecule has 1 saturated carbocycles. The van der Waals surface area contributed by atoms with E-state index in [1.807, 2.05) is 18.2 Å². The van der Waals surface area contributed by atoms with Crippen LogP contribution in [-0.2, 0) is 21.3 Å². The Kier molecular flexibility index (Phi) is 8.37. The van der Waals surface area contributed by atoms with Gasteiger partial charge < -0.3 is 10.1 Å². The molecule has 0 aromatic heterocycles. The van der Waals surface area contributed by atoms with Crippen molar-refractivity contribution in [3.63, 3.8) is 0 Å². The lowest BCUT2D eigenvalue weighted by atomic mass is 9.96. The first-order valence-electron chi connectivity index (χ1n) is 12.2. The van der Waals surface area contributed by atoms with Crippen LogP contribution in [0.1, 0.15) is 48.0 Å². The molecule has 1 saturated heterocycles. The van der Waals surface area contributed by atoms with Crippen molar-refractivity contribution in [1.82, 2.24) is 14.5 Å². The summed E-state index contributed by atoms with van der Waals surface area (Å²) < 4.78 is 33.7. The molecule has 2 aromatic rings. The summed E-state index contributed by atoms with van der Waals surface area (Å²) in [5.41, 5.74) is 1.60.